The Morgan fingerprint density at radius 2 is 1.73 bits per heavy atom. The van der Waals surface area contributed by atoms with Gasteiger partial charge < -0.3 is 14.5 Å². The number of rotatable bonds is 6. The smallest absolute Gasteiger partial charge is 0.119 e. The Labute approximate surface area is 160 Å². The fourth-order valence-electron chi connectivity index (χ4n) is 3.51. The molecule has 2 aromatic carbocycles. The molecule has 2 unspecified atom stereocenters. The second-order valence-electron chi connectivity index (χ2n) is 6.57. The van der Waals surface area contributed by atoms with Crippen molar-refractivity contribution in [3.05, 3.63) is 89.9 Å². The molecule has 0 amide bonds. The molecule has 1 saturated heterocycles. The van der Waals surface area contributed by atoms with Crippen molar-refractivity contribution in [2.24, 2.45) is 0 Å². The van der Waals surface area contributed by atoms with Crippen LogP contribution in [0.1, 0.15) is 35.4 Å². The van der Waals surface area contributed by atoms with Gasteiger partial charge in [0.25, 0.3) is 0 Å². The van der Waals surface area contributed by atoms with Crippen LogP contribution < -0.4 is 10.1 Å². The van der Waals surface area contributed by atoms with Crippen molar-refractivity contribution in [1.82, 2.24) is 5.32 Å². The third-order valence-corrected chi connectivity index (χ3v) is 4.84. The topological polar surface area (TPSA) is 34.4 Å². The van der Waals surface area contributed by atoms with Crippen LogP contribution in [0.2, 0.25) is 0 Å². The summed E-state index contributed by atoms with van der Waals surface area (Å²) in [5.74, 6) is 1.10. The molecule has 0 saturated carbocycles. The maximum absolute atomic E-state index is 5.94. The van der Waals surface area contributed by atoms with Gasteiger partial charge in [0.2, 0.25) is 0 Å². The summed E-state index contributed by atoms with van der Waals surface area (Å²) in [6.45, 7) is 1.85. The summed E-state index contributed by atoms with van der Waals surface area (Å²) in [5, 5.41) is 3.46. The summed E-state index contributed by atoms with van der Waals surface area (Å²) >= 11 is 0. The van der Waals surface area contributed by atoms with Gasteiger partial charge in [-0.15, -0.1) is 12.4 Å². The minimum atomic E-state index is 0. The summed E-state index contributed by atoms with van der Waals surface area (Å²) < 4.78 is 11.3. The van der Waals surface area contributed by atoms with Crippen molar-refractivity contribution in [2.45, 2.75) is 24.8 Å². The molecule has 1 aliphatic heterocycles. The zero-order chi connectivity index (χ0) is 16.9. The summed E-state index contributed by atoms with van der Waals surface area (Å²) in [6, 6.07) is 21.5. The summed E-state index contributed by atoms with van der Waals surface area (Å²) in [5.41, 5.74) is 3.65. The highest BCUT2D eigenvalue weighted by Gasteiger charge is 2.18. The van der Waals surface area contributed by atoms with E-state index in [0.717, 1.165) is 24.5 Å². The van der Waals surface area contributed by atoms with Crippen LogP contribution >= 0.6 is 12.4 Å². The van der Waals surface area contributed by atoms with Gasteiger partial charge in [-0.2, -0.15) is 0 Å². The molecule has 136 valence electrons. The van der Waals surface area contributed by atoms with E-state index in [1.54, 1.807) is 6.26 Å². The lowest BCUT2D eigenvalue weighted by molar-refractivity contribution is 0.277. The Hall–Kier alpha value is -2.23. The molecule has 2 heterocycles. The van der Waals surface area contributed by atoms with E-state index in [0.29, 0.717) is 6.04 Å². The molecule has 4 heteroatoms. The van der Waals surface area contributed by atoms with Crippen LogP contribution in [0.4, 0.5) is 0 Å². The molecule has 0 aliphatic carbocycles. The van der Waals surface area contributed by atoms with Gasteiger partial charge in [-0.1, -0.05) is 42.5 Å². The highest BCUT2D eigenvalue weighted by molar-refractivity contribution is 5.85. The highest BCUT2D eigenvalue weighted by atomic mass is 35.5. The molecule has 1 N–H and O–H groups in total. The number of hydrogen-bond donors (Lipinski definition) is 1. The number of halogens is 1. The fourth-order valence-corrected chi connectivity index (χ4v) is 3.51. The van der Waals surface area contributed by atoms with Crippen LogP contribution in [-0.2, 0) is 0 Å². The van der Waals surface area contributed by atoms with Gasteiger partial charge in [-0.05, 0) is 48.7 Å². The maximum Gasteiger partial charge on any atom is 0.119 e. The van der Waals surface area contributed by atoms with Gasteiger partial charge in [0, 0.05) is 17.5 Å². The Bertz CT molecular complexity index is 766. The van der Waals surface area contributed by atoms with Crippen LogP contribution in [0.25, 0.3) is 0 Å². The minimum absolute atomic E-state index is 0. The third kappa shape index (κ3) is 4.29. The molecule has 3 aromatic rings. The SMILES string of the molecule is Cl.c1ccc(C(c2ccc(OCC3CCCN3)cc2)c2ccoc2)cc1. The molecule has 0 spiro atoms. The van der Waals surface area contributed by atoms with Gasteiger partial charge in [-0.25, -0.2) is 0 Å². The van der Waals surface area contributed by atoms with Crippen molar-refractivity contribution in [3.8, 4) is 5.75 Å². The molecule has 3 nitrogen and oxygen atoms in total. The van der Waals surface area contributed by atoms with Crippen LogP contribution in [0.5, 0.6) is 5.75 Å². The zero-order valence-corrected chi connectivity index (χ0v) is 15.5. The number of ether oxygens (including phenoxy) is 1. The summed E-state index contributed by atoms with van der Waals surface area (Å²) in [4.78, 5) is 0. The first-order valence-electron chi connectivity index (χ1n) is 8.93. The fraction of sp³-hybridized carbons (Fsp3) is 0.273. The lowest BCUT2D eigenvalue weighted by atomic mass is 9.87. The number of furan rings is 1. The van der Waals surface area contributed by atoms with Gasteiger partial charge in [0.15, 0.2) is 0 Å². The van der Waals surface area contributed by atoms with E-state index in [2.05, 4.69) is 53.8 Å². The van der Waals surface area contributed by atoms with E-state index in [1.165, 1.54) is 24.0 Å². The second kappa shape index (κ2) is 8.93. The average Bonchev–Trinajstić information content (AvgIpc) is 3.36. The Kier molecular flexibility index (Phi) is 6.37. The number of hydrogen-bond acceptors (Lipinski definition) is 3. The van der Waals surface area contributed by atoms with Crippen molar-refractivity contribution in [1.29, 1.82) is 0 Å². The molecule has 2 atom stereocenters. The first kappa shape index (κ1) is 18.6. The van der Waals surface area contributed by atoms with Crippen LogP contribution in [-0.4, -0.2) is 19.2 Å². The zero-order valence-electron chi connectivity index (χ0n) is 14.6. The standard InChI is InChI=1S/C22H23NO2.ClH/c1-2-5-17(6-3-1)22(19-12-14-24-15-19)18-8-10-21(11-9-18)25-16-20-7-4-13-23-20;/h1-3,5-6,8-12,14-15,20,22-23H,4,7,13,16H2;1H. The summed E-state index contributed by atoms with van der Waals surface area (Å²) in [6.07, 6.45) is 6.01. The largest absolute Gasteiger partial charge is 0.492 e. The predicted molar refractivity (Wildman–Crippen MR) is 106 cm³/mol. The third-order valence-electron chi connectivity index (χ3n) is 4.84. The van der Waals surface area contributed by atoms with E-state index in [1.807, 2.05) is 18.4 Å². The van der Waals surface area contributed by atoms with Gasteiger partial charge in [0.05, 0.1) is 12.5 Å². The molecule has 0 radical (unpaired) electrons. The molecule has 26 heavy (non-hydrogen) atoms. The second-order valence-corrected chi connectivity index (χ2v) is 6.57. The van der Waals surface area contributed by atoms with Crippen molar-refractivity contribution < 1.29 is 9.15 Å². The monoisotopic (exact) mass is 369 g/mol. The Balaban J connectivity index is 0.00000196. The van der Waals surface area contributed by atoms with Gasteiger partial charge >= 0.3 is 0 Å². The number of benzene rings is 2. The quantitative estimate of drug-likeness (QED) is 0.663. The van der Waals surface area contributed by atoms with E-state index >= 15 is 0 Å². The normalized spacial score (nSPS) is 17.5. The molecule has 1 aliphatic rings. The van der Waals surface area contributed by atoms with Crippen molar-refractivity contribution in [3.63, 3.8) is 0 Å². The molecule has 0 bridgehead atoms. The highest BCUT2D eigenvalue weighted by Crippen LogP contribution is 2.33. The molecule has 4 rings (SSSR count). The number of nitrogens with one attached hydrogen (secondary N) is 1. The Morgan fingerprint density at radius 1 is 0.962 bits per heavy atom. The van der Waals surface area contributed by atoms with E-state index in [4.69, 9.17) is 9.15 Å². The van der Waals surface area contributed by atoms with Crippen molar-refractivity contribution in [2.75, 3.05) is 13.2 Å². The van der Waals surface area contributed by atoms with Gasteiger partial charge in [-0.3, -0.25) is 0 Å². The van der Waals surface area contributed by atoms with E-state index in [9.17, 15) is 0 Å². The van der Waals surface area contributed by atoms with Gasteiger partial charge in [0.1, 0.15) is 12.4 Å². The lowest BCUT2D eigenvalue weighted by Crippen LogP contribution is -2.28. The van der Waals surface area contributed by atoms with E-state index in [-0.39, 0.29) is 18.3 Å². The molecular formula is C22H24ClNO2. The lowest BCUT2D eigenvalue weighted by Gasteiger charge is -2.18. The van der Waals surface area contributed by atoms with Crippen LogP contribution in [0, 0.1) is 0 Å². The predicted octanol–water partition coefficient (Wildman–Crippen LogP) is 5.01. The average molecular weight is 370 g/mol. The molecule has 1 fully saturated rings. The Morgan fingerprint density at radius 3 is 2.38 bits per heavy atom. The first-order chi connectivity index (χ1) is 12.4. The summed E-state index contributed by atoms with van der Waals surface area (Å²) in [7, 11) is 0. The van der Waals surface area contributed by atoms with Crippen LogP contribution in [0.3, 0.4) is 0 Å². The first-order valence-corrected chi connectivity index (χ1v) is 8.93. The van der Waals surface area contributed by atoms with Crippen molar-refractivity contribution >= 4 is 12.4 Å². The molecule has 1 aromatic heterocycles. The minimum Gasteiger partial charge on any atom is -0.492 e. The van der Waals surface area contributed by atoms with Crippen LogP contribution in [0.15, 0.2) is 77.6 Å². The molecular weight excluding hydrogens is 346 g/mol. The van der Waals surface area contributed by atoms with E-state index < -0.39 is 0 Å². The maximum atomic E-state index is 5.94.